The van der Waals surface area contributed by atoms with Crippen LogP contribution in [0.5, 0.6) is 0 Å². The molecule has 5 nitrogen and oxygen atoms in total. The first-order valence-electron chi connectivity index (χ1n) is 6.78. The number of aromatic nitrogens is 3. The largest absolute Gasteiger partial charge is 0.417 e. The molecule has 0 N–H and O–H groups in total. The highest BCUT2D eigenvalue weighted by Crippen LogP contribution is 2.33. The van der Waals surface area contributed by atoms with E-state index in [0.717, 1.165) is 6.07 Å². The van der Waals surface area contributed by atoms with E-state index in [4.69, 9.17) is 0 Å². The van der Waals surface area contributed by atoms with Crippen molar-refractivity contribution in [3.8, 4) is 0 Å². The average molecular weight is 310 g/mol. The summed E-state index contributed by atoms with van der Waals surface area (Å²) in [6.07, 6.45) is -0.688. The van der Waals surface area contributed by atoms with Gasteiger partial charge in [-0.1, -0.05) is 17.3 Å². The van der Waals surface area contributed by atoms with Gasteiger partial charge in [0.1, 0.15) is 0 Å². The predicted octanol–water partition coefficient (Wildman–Crippen LogP) is 2.38. The minimum absolute atomic E-state index is 0.0514. The molecule has 3 rings (SSSR count). The lowest BCUT2D eigenvalue weighted by atomic mass is 10.1. The van der Waals surface area contributed by atoms with E-state index in [0.29, 0.717) is 19.5 Å². The number of hydrogen-bond donors (Lipinski definition) is 0. The monoisotopic (exact) mass is 310 g/mol. The summed E-state index contributed by atoms with van der Waals surface area (Å²) in [6.45, 7) is 0.726. The van der Waals surface area contributed by atoms with E-state index in [1.807, 2.05) is 0 Å². The summed E-state index contributed by atoms with van der Waals surface area (Å²) in [5.74, 6) is -0.601. The molecule has 22 heavy (non-hydrogen) atoms. The fourth-order valence-electron chi connectivity index (χ4n) is 2.64. The van der Waals surface area contributed by atoms with Gasteiger partial charge >= 0.3 is 6.18 Å². The Morgan fingerprint density at radius 3 is 2.73 bits per heavy atom. The van der Waals surface area contributed by atoms with Gasteiger partial charge in [-0.2, -0.15) is 13.2 Å². The van der Waals surface area contributed by atoms with Gasteiger partial charge in [-0.25, -0.2) is 4.68 Å². The highest BCUT2D eigenvalue weighted by Gasteiger charge is 2.37. The number of nitrogens with zero attached hydrogens (tertiary/aromatic N) is 4. The maximum absolute atomic E-state index is 13.0. The third-order valence-electron chi connectivity index (χ3n) is 3.73. The molecule has 1 saturated heterocycles. The van der Waals surface area contributed by atoms with Crippen molar-refractivity contribution in [2.24, 2.45) is 0 Å². The van der Waals surface area contributed by atoms with Crippen LogP contribution >= 0.6 is 0 Å². The van der Waals surface area contributed by atoms with Gasteiger partial charge in [-0.3, -0.25) is 4.79 Å². The molecule has 2 heterocycles. The van der Waals surface area contributed by atoms with Crippen LogP contribution in [0.25, 0.3) is 0 Å². The molecule has 0 aliphatic carbocycles. The Morgan fingerprint density at radius 1 is 1.27 bits per heavy atom. The second kappa shape index (κ2) is 5.43. The fraction of sp³-hybridized carbons (Fsp3) is 0.357. The van der Waals surface area contributed by atoms with E-state index >= 15 is 0 Å². The van der Waals surface area contributed by atoms with Gasteiger partial charge in [0.25, 0.3) is 5.91 Å². The molecule has 1 amide bonds. The van der Waals surface area contributed by atoms with Crippen molar-refractivity contribution in [2.75, 3.05) is 13.1 Å². The summed E-state index contributed by atoms with van der Waals surface area (Å²) in [7, 11) is 0. The Morgan fingerprint density at radius 2 is 2.05 bits per heavy atom. The predicted molar refractivity (Wildman–Crippen MR) is 71.0 cm³/mol. The Balaban J connectivity index is 1.81. The number of carbonyl (C=O) groups is 1. The number of hydrogen-bond acceptors (Lipinski definition) is 3. The molecule has 8 heteroatoms. The number of alkyl halides is 3. The second-order valence-corrected chi connectivity index (χ2v) is 5.12. The lowest BCUT2D eigenvalue weighted by Gasteiger charge is -2.19. The number of amides is 1. The van der Waals surface area contributed by atoms with E-state index in [-0.39, 0.29) is 11.6 Å². The van der Waals surface area contributed by atoms with Crippen LogP contribution in [-0.4, -0.2) is 38.9 Å². The van der Waals surface area contributed by atoms with E-state index < -0.39 is 17.6 Å². The molecule has 0 bridgehead atoms. The molecule has 1 aliphatic heterocycles. The van der Waals surface area contributed by atoms with Crippen LogP contribution < -0.4 is 0 Å². The highest BCUT2D eigenvalue weighted by molar-refractivity contribution is 5.96. The summed E-state index contributed by atoms with van der Waals surface area (Å²) in [5, 5.41) is 7.57. The van der Waals surface area contributed by atoms with E-state index in [9.17, 15) is 18.0 Å². The Bertz CT molecular complexity index is 669. The Labute approximate surface area is 124 Å². The Hall–Kier alpha value is -2.38. The molecule has 1 aromatic carbocycles. The molecule has 0 saturated carbocycles. The quantitative estimate of drug-likeness (QED) is 0.856. The van der Waals surface area contributed by atoms with Gasteiger partial charge in [0, 0.05) is 19.3 Å². The van der Waals surface area contributed by atoms with Crippen LogP contribution in [0.3, 0.4) is 0 Å². The van der Waals surface area contributed by atoms with Crippen molar-refractivity contribution < 1.29 is 18.0 Å². The molecule has 1 fully saturated rings. The minimum Gasteiger partial charge on any atom is -0.336 e. The lowest BCUT2D eigenvalue weighted by molar-refractivity contribution is -0.138. The van der Waals surface area contributed by atoms with Crippen molar-refractivity contribution in [1.82, 2.24) is 19.9 Å². The van der Waals surface area contributed by atoms with Crippen LogP contribution in [0.15, 0.2) is 36.7 Å². The van der Waals surface area contributed by atoms with Crippen LogP contribution in [-0.2, 0) is 6.18 Å². The number of benzene rings is 1. The van der Waals surface area contributed by atoms with Gasteiger partial charge < -0.3 is 4.90 Å². The van der Waals surface area contributed by atoms with Crippen molar-refractivity contribution in [3.63, 3.8) is 0 Å². The lowest BCUT2D eigenvalue weighted by Crippen LogP contribution is -2.31. The van der Waals surface area contributed by atoms with Crippen LogP contribution in [0.1, 0.15) is 28.4 Å². The molecule has 1 unspecified atom stereocenters. The maximum Gasteiger partial charge on any atom is 0.417 e. The molecule has 2 aromatic rings. The van der Waals surface area contributed by atoms with Gasteiger partial charge in [-0.05, 0) is 18.6 Å². The molecule has 0 spiro atoms. The number of likely N-dealkylation sites (tertiary alicyclic amines) is 1. The fourth-order valence-corrected chi connectivity index (χ4v) is 2.64. The van der Waals surface area contributed by atoms with Gasteiger partial charge in [0.15, 0.2) is 0 Å². The van der Waals surface area contributed by atoms with Gasteiger partial charge in [-0.15, -0.1) is 5.10 Å². The molecular formula is C14H13F3N4O. The zero-order valence-electron chi connectivity index (χ0n) is 11.5. The first-order chi connectivity index (χ1) is 10.5. The summed E-state index contributed by atoms with van der Waals surface area (Å²) in [5.41, 5.74) is -1.21. The first-order valence-corrected chi connectivity index (χ1v) is 6.78. The molecular weight excluding hydrogens is 297 g/mol. The second-order valence-electron chi connectivity index (χ2n) is 5.12. The molecule has 1 atom stereocenters. The summed E-state index contributed by atoms with van der Waals surface area (Å²) >= 11 is 0. The third-order valence-corrected chi connectivity index (χ3v) is 3.73. The SMILES string of the molecule is O=C(c1ccccc1C(F)(F)F)N1CCC(n2ccnn2)C1. The summed E-state index contributed by atoms with van der Waals surface area (Å²) < 4.78 is 40.6. The zero-order chi connectivity index (χ0) is 15.7. The standard InChI is InChI=1S/C14H13F3N4O/c15-14(16,17)12-4-2-1-3-11(12)13(22)20-7-5-10(9-20)21-8-6-18-19-21/h1-4,6,8,10H,5,7,9H2. The molecule has 1 aromatic heterocycles. The normalized spacial score (nSPS) is 18.7. The summed E-state index contributed by atoms with van der Waals surface area (Å²) in [4.78, 5) is 13.8. The minimum atomic E-state index is -4.54. The number of rotatable bonds is 2. The molecule has 1 aliphatic rings. The van der Waals surface area contributed by atoms with E-state index in [1.165, 1.54) is 29.3 Å². The van der Waals surface area contributed by atoms with E-state index in [2.05, 4.69) is 10.3 Å². The van der Waals surface area contributed by atoms with Crippen molar-refractivity contribution in [3.05, 3.63) is 47.8 Å². The van der Waals surface area contributed by atoms with E-state index in [1.54, 1.807) is 10.9 Å². The zero-order valence-corrected chi connectivity index (χ0v) is 11.5. The third kappa shape index (κ3) is 2.68. The van der Waals surface area contributed by atoms with Crippen LogP contribution in [0.2, 0.25) is 0 Å². The molecule has 116 valence electrons. The van der Waals surface area contributed by atoms with Crippen molar-refractivity contribution >= 4 is 5.91 Å². The topological polar surface area (TPSA) is 51.0 Å². The average Bonchev–Trinajstić information content (AvgIpc) is 3.16. The number of halogens is 3. The molecule has 0 radical (unpaired) electrons. The van der Waals surface area contributed by atoms with Crippen LogP contribution in [0, 0.1) is 0 Å². The number of carbonyl (C=O) groups excluding carboxylic acids is 1. The summed E-state index contributed by atoms with van der Waals surface area (Å²) in [6, 6.07) is 4.81. The maximum atomic E-state index is 13.0. The van der Waals surface area contributed by atoms with Crippen molar-refractivity contribution in [1.29, 1.82) is 0 Å². The van der Waals surface area contributed by atoms with Gasteiger partial charge in [0.05, 0.1) is 23.4 Å². The first kappa shape index (κ1) is 14.6. The smallest absolute Gasteiger partial charge is 0.336 e. The van der Waals surface area contributed by atoms with Gasteiger partial charge in [0.2, 0.25) is 0 Å². The Kier molecular flexibility index (Phi) is 3.59. The van der Waals surface area contributed by atoms with Crippen molar-refractivity contribution in [2.45, 2.75) is 18.6 Å². The van der Waals surface area contributed by atoms with Crippen LogP contribution in [0.4, 0.5) is 13.2 Å². The highest BCUT2D eigenvalue weighted by atomic mass is 19.4.